The van der Waals surface area contributed by atoms with Gasteiger partial charge in [0, 0.05) is 50.4 Å². The molecule has 10 heteroatoms. The van der Waals surface area contributed by atoms with Crippen LogP contribution in [0.3, 0.4) is 0 Å². The van der Waals surface area contributed by atoms with Crippen molar-refractivity contribution < 1.29 is 19.0 Å². The van der Waals surface area contributed by atoms with Crippen molar-refractivity contribution in [3.63, 3.8) is 0 Å². The van der Waals surface area contributed by atoms with E-state index in [9.17, 15) is 9.90 Å². The third kappa shape index (κ3) is 5.24. The van der Waals surface area contributed by atoms with Gasteiger partial charge in [0.1, 0.15) is 5.69 Å². The summed E-state index contributed by atoms with van der Waals surface area (Å²) in [5.41, 5.74) is 4.77. The molecule has 1 spiro atoms. The zero-order valence-corrected chi connectivity index (χ0v) is 25.0. The van der Waals surface area contributed by atoms with E-state index in [1.165, 1.54) is 11.8 Å². The highest BCUT2D eigenvalue weighted by Crippen LogP contribution is 2.41. The Labute approximate surface area is 246 Å². The van der Waals surface area contributed by atoms with E-state index in [2.05, 4.69) is 34.0 Å². The minimum Gasteiger partial charge on any atom is -0.389 e. The first-order valence-electron chi connectivity index (χ1n) is 15.1. The summed E-state index contributed by atoms with van der Waals surface area (Å²) in [7, 11) is 1.91. The van der Waals surface area contributed by atoms with E-state index in [0.29, 0.717) is 18.6 Å². The number of fused-ring (bicyclic) bond motifs is 1. The number of aryl methyl sites for hydroxylation is 1. The van der Waals surface area contributed by atoms with Gasteiger partial charge in [-0.15, -0.1) is 0 Å². The average molecular weight is 577 g/mol. The number of hydrogen-bond acceptors (Lipinski definition) is 8. The molecule has 3 aliphatic rings. The smallest absolute Gasteiger partial charge is 0.229 e. The normalized spacial score (nSPS) is 25.2. The van der Waals surface area contributed by atoms with Gasteiger partial charge in [-0.25, -0.2) is 14.4 Å². The maximum absolute atomic E-state index is 15.3. The highest BCUT2D eigenvalue weighted by Gasteiger charge is 2.47. The van der Waals surface area contributed by atoms with Gasteiger partial charge in [0.2, 0.25) is 11.9 Å². The lowest BCUT2D eigenvalue weighted by Gasteiger charge is -2.39. The molecule has 1 amide bonds. The van der Waals surface area contributed by atoms with Gasteiger partial charge >= 0.3 is 0 Å². The minimum absolute atomic E-state index is 0.208. The van der Waals surface area contributed by atoms with E-state index in [0.717, 1.165) is 67.5 Å². The van der Waals surface area contributed by atoms with Gasteiger partial charge < -0.3 is 20.1 Å². The summed E-state index contributed by atoms with van der Waals surface area (Å²) in [4.78, 5) is 30.9. The molecule has 3 saturated heterocycles. The summed E-state index contributed by atoms with van der Waals surface area (Å²) in [5.74, 6) is 0.259. The molecule has 6 rings (SSSR count). The van der Waals surface area contributed by atoms with Crippen molar-refractivity contribution in [1.29, 1.82) is 0 Å². The Balaban J connectivity index is 1.35. The van der Waals surface area contributed by atoms with E-state index >= 15 is 4.39 Å². The lowest BCUT2D eigenvalue weighted by Crippen LogP contribution is -2.47. The van der Waals surface area contributed by atoms with Crippen molar-refractivity contribution in [1.82, 2.24) is 24.8 Å². The molecule has 3 aliphatic heterocycles. The summed E-state index contributed by atoms with van der Waals surface area (Å²) < 4.78 is 20.6. The number of hydrogen-bond donors (Lipinski definition) is 2. The predicted molar refractivity (Wildman–Crippen MR) is 160 cm³/mol. The SMILES string of the molecule is Cc1c(-c2nc(N[C@@H]3CCOC[C@H]3O)ncc2F)ccc2ncc(CN3CCC[C@]4(CCN(C)C4=O)C3)c(C(C)C)c12. The third-order valence-electron chi connectivity index (χ3n) is 9.41. The molecule has 3 fully saturated rings. The fourth-order valence-electron chi connectivity index (χ4n) is 7.22. The van der Waals surface area contributed by atoms with Crippen LogP contribution in [0.1, 0.15) is 62.1 Å². The second kappa shape index (κ2) is 11.5. The first kappa shape index (κ1) is 28.9. The number of aromatic nitrogens is 3. The summed E-state index contributed by atoms with van der Waals surface area (Å²) in [5, 5.41) is 14.5. The van der Waals surface area contributed by atoms with Crippen LogP contribution in [-0.2, 0) is 16.1 Å². The van der Waals surface area contributed by atoms with Crippen molar-refractivity contribution in [2.45, 2.75) is 71.1 Å². The van der Waals surface area contributed by atoms with Gasteiger partial charge in [0.05, 0.1) is 35.9 Å². The summed E-state index contributed by atoms with van der Waals surface area (Å²) in [6.07, 6.45) is 5.98. The number of piperidine rings is 1. The van der Waals surface area contributed by atoms with Crippen molar-refractivity contribution in [2.75, 3.05) is 45.2 Å². The fourth-order valence-corrected chi connectivity index (χ4v) is 7.22. The van der Waals surface area contributed by atoms with Gasteiger partial charge in [-0.2, -0.15) is 0 Å². The Bertz CT molecular complexity index is 1490. The maximum atomic E-state index is 15.3. The Morgan fingerprint density at radius 1 is 1.21 bits per heavy atom. The molecule has 2 N–H and O–H groups in total. The van der Waals surface area contributed by atoms with Crippen molar-refractivity contribution in [3.05, 3.63) is 47.0 Å². The van der Waals surface area contributed by atoms with Crippen molar-refractivity contribution in [2.24, 2.45) is 5.41 Å². The number of aliphatic hydroxyl groups excluding tert-OH is 1. The number of carbonyl (C=O) groups is 1. The Morgan fingerprint density at radius 3 is 2.79 bits per heavy atom. The van der Waals surface area contributed by atoms with Gasteiger partial charge in [-0.3, -0.25) is 14.7 Å². The fraction of sp³-hybridized carbons (Fsp3) is 0.562. The summed E-state index contributed by atoms with van der Waals surface area (Å²) >= 11 is 0. The number of benzene rings is 1. The number of nitrogens with one attached hydrogen (secondary N) is 1. The molecule has 9 nitrogen and oxygen atoms in total. The molecule has 1 aromatic carbocycles. The van der Waals surface area contributed by atoms with E-state index < -0.39 is 11.9 Å². The molecule has 0 saturated carbocycles. The van der Waals surface area contributed by atoms with Crippen LogP contribution in [-0.4, -0.2) is 87.8 Å². The van der Waals surface area contributed by atoms with E-state index in [-0.39, 0.29) is 41.5 Å². The Morgan fingerprint density at radius 2 is 2.05 bits per heavy atom. The van der Waals surface area contributed by atoms with Crippen LogP contribution in [0, 0.1) is 18.2 Å². The largest absolute Gasteiger partial charge is 0.389 e. The standard InChI is InChI=1S/C32H41FN6O3/c1-19(2)27-21(16-39-11-5-9-32(18-39)10-12-38(4)30(32)41)14-34-25-7-6-22(20(3)28(25)27)29-23(33)15-35-31(37-29)36-24-8-13-42-17-26(24)40/h6-7,14-15,19,24,26,40H,5,8-13,16-18H2,1-4H3,(H,35,36,37)/t24-,26-,32+/m1/s1. The number of aliphatic hydroxyl groups is 1. The number of anilines is 1. The molecule has 2 aromatic heterocycles. The number of ether oxygens (including phenoxy) is 1. The van der Waals surface area contributed by atoms with Crippen LogP contribution in [0.25, 0.3) is 22.2 Å². The van der Waals surface area contributed by atoms with Gasteiger partial charge in [0.25, 0.3) is 0 Å². The zero-order valence-electron chi connectivity index (χ0n) is 25.0. The molecular weight excluding hydrogens is 535 g/mol. The number of amides is 1. The number of likely N-dealkylation sites (tertiary alicyclic amines) is 2. The predicted octanol–water partition coefficient (Wildman–Crippen LogP) is 4.27. The number of carbonyl (C=O) groups excluding carboxylic acids is 1. The van der Waals surface area contributed by atoms with Gasteiger partial charge in [0.15, 0.2) is 5.82 Å². The van der Waals surface area contributed by atoms with Gasteiger partial charge in [-0.05, 0) is 67.8 Å². The first-order valence-corrected chi connectivity index (χ1v) is 15.1. The molecular formula is C32H41FN6O3. The quantitative estimate of drug-likeness (QED) is 0.449. The molecule has 42 heavy (non-hydrogen) atoms. The van der Waals surface area contributed by atoms with Crippen molar-refractivity contribution in [3.8, 4) is 11.3 Å². The highest BCUT2D eigenvalue weighted by atomic mass is 19.1. The van der Waals surface area contributed by atoms with Crippen LogP contribution in [0.4, 0.5) is 10.3 Å². The van der Waals surface area contributed by atoms with E-state index in [1.807, 2.05) is 37.2 Å². The lowest BCUT2D eigenvalue weighted by atomic mass is 9.78. The zero-order chi connectivity index (χ0) is 29.6. The summed E-state index contributed by atoms with van der Waals surface area (Å²) in [6, 6.07) is 3.55. The molecule has 5 heterocycles. The molecule has 0 unspecified atom stereocenters. The second-order valence-corrected chi connectivity index (χ2v) is 12.6. The Kier molecular flexibility index (Phi) is 7.89. The first-order chi connectivity index (χ1) is 20.2. The molecule has 0 bridgehead atoms. The average Bonchev–Trinajstić information content (AvgIpc) is 3.23. The summed E-state index contributed by atoms with van der Waals surface area (Å²) in [6.45, 7) is 10.4. The number of halogens is 1. The van der Waals surface area contributed by atoms with Crippen LogP contribution in [0.5, 0.6) is 0 Å². The minimum atomic E-state index is -0.682. The van der Waals surface area contributed by atoms with E-state index in [4.69, 9.17) is 9.72 Å². The number of rotatable bonds is 6. The second-order valence-electron chi connectivity index (χ2n) is 12.6. The van der Waals surface area contributed by atoms with Gasteiger partial charge in [-0.1, -0.05) is 19.9 Å². The molecule has 3 aromatic rings. The number of nitrogens with zero attached hydrogens (tertiary/aromatic N) is 5. The maximum Gasteiger partial charge on any atom is 0.229 e. The molecule has 0 radical (unpaired) electrons. The molecule has 0 aliphatic carbocycles. The van der Waals surface area contributed by atoms with E-state index in [1.54, 1.807) is 0 Å². The van der Waals surface area contributed by atoms with Crippen molar-refractivity contribution >= 4 is 22.8 Å². The van der Waals surface area contributed by atoms with Crippen LogP contribution in [0.2, 0.25) is 0 Å². The topological polar surface area (TPSA) is 104 Å². The monoisotopic (exact) mass is 576 g/mol. The van der Waals surface area contributed by atoms with Crippen LogP contribution >= 0.6 is 0 Å². The Hall–Kier alpha value is -3.21. The van der Waals surface area contributed by atoms with Crippen LogP contribution < -0.4 is 5.32 Å². The lowest BCUT2D eigenvalue weighted by molar-refractivity contribution is -0.137. The third-order valence-corrected chi connectivity index (χ3v) is 9.41. The van der Waals surface area contributed by atoms with Crippen LogP contribution in [0.15, 0.2) is 24.5 Å². The highest BCUT2D eigenvalue weighted by molar-refractivity contribution is 5.92. The molecule has 224 valence electrons. The number of pyridine rings is 1. The molecule has 3 atom stereocenters.